The van der Waals surface area contributed by atoms with Crippen LogP contribution >= 0.6 is 23.2 Å². The molecule has 0 radical (unpaired) electrons. The van der Waals surface area contributed by atoms with Crippen molar-refractivity contribution in [2.24, 2.45) is 0 Å². The third-order valence-electron chi connectivity index (χ3n) is 5.44. The number of hydrogen-bond donors (Lipinski definition) is 1. The maximum atomic E-state index is 13.3. The van der Waals surface area contributed by atoms with Gasteiger partial charge in [0.05, 0.1) is 0 Å². The van der Waals surface area contributed by atoms with Gasteiger partial charge in [-0.2, -0.15) is 0 Å². The number of carbonyl (C=O) groups is 2. The maximum absolute atomic E-state index is 13.3. The van der Waals surface area contributed by atoms with Crippen molar-refractivity contribution in [2.75, 3.05) is 0 Å². The molecule has 6 heteroatoms. The van der Waals surface area contributed by atoms with Crippen molar-refractivity contribution in [1.82, 2.24) is 10.2 Å². The van der Waals surface area contributed by atoms with Crippen LogP contribution in [0.4, 0.5) is 0 Å². The molecule has 32 heavy (non-hydrogen) atoms. The van der Waals surface area contributed by atoms with Gasteiger partial charge in [-0.3, -0.25) is 9.59 Å². The Hall–Kier alpha value is -2.56. The van der Waals surface area contributed by atoms with Gasteiger partial charge in [-0.25, -0.2) is 0 Å². The third kappa shape index (κ3) is 6.02. The van der Waals surface area contributed by atoms with Gasteiger partial charge in [0.15, 0.2) is 0 Å². The lowest BCUT2D eigenvalue weighted by atomic mass is 10.0. The first-order valence-electron chi connectivity index (χ1n) is 10.8. The van der Waals surface area contributed by atoms with Gasteiger partial charge >= 0.3 is 0 Å². The molecule has 3 aromatic carbocycles. The molecule has 0 aromatic heterocycles. The highest BCUT2D eigenvalue weighted by Crippen LogP contribution is 2.24. The summed E-state index contributed by atoms with van der Waals surface area (Å²) in [6, 6.07) is 18.8. The summed E-state index contributed by atoms with van der Waals surface area (Å²) in [5.41, 5.74) is 1.86. The third-order valence-corrected chi connectivity index (χ3v) is 6.03. The summed E-state index contributed by atoms with van der Waals surface area (Å²) < 4.78 is 0. The number of nitrogens with one attached hydrogen (secondary N) is 1. The average Bonchev–Trinajstić information content (AvgIpc) is 2.76. The molecular formula is C26H28Cl2N2O2. The summed E-state index contributed by atoms with van der Waals surface area (Å²) in [6.07, 6.45) is 0.877. The Labute approximate surface area is 199 Å². The molecule has 0 aliphatic carbocycles. The number of rotatable bonds is 8. The van der Waals surface area contributed by atoms with Crippen LogP contribution in [0.15, 0.2) is 60.7 Å². The van der Waals surface area contributed by atoms with Crippen molar-refractivity contribution in [3.63, 3.8) is 0 Å². The highest BCUT2D eigenvalue weighted by molar-refractivity contribution is 6.35. The number of halogens is 2. The Morgan fingerprint density at radius 1 is 0.938 bits per heavy atom. The second-order valence-corrected chi connectivity index (χ2v) is 9.08. The minimum Gasteiger partial charge on any atom is -0.352 e. The molecule has 0 spiro atoms. The van der Waals surface area contributed by atoms with Crippen LogP contribution in [0.5, 0.6) is 0 Å². The zero-order valence-electron chi connectivity index (χ0n) is 18.6. The largest absolute Gasteiger partial charge is 0.352 e. The smallest absolute Gasteiger partial charge is 0.242 e. The summed E-state index contributed by atoms with van der Waals surface area (Å²) in [5.74, 6) is -0.293. The molecule has 3 aromatic rings. The SMILES string of the molecule is CC(C)NC(=O)C(C)N(Cc1ccc(Cl)cc1Cl)C(=O)CCc1cccc2ccccc12. The molecule has 0 saturated carbocycles. The van der Waals surface area contributed by atoms with Crippen LogP contribution in [0.1, 0.15) is 38.3 Å². The highest BCUT2D eigenvalue weighted by Gasteiger charge is 2.27. The Morgan fingerprint density at radius 3 is 2.38 bits per heavy atom. The Balaban J connectivity index is 1.82. The Bertz CT molecular complexity index is 1110. The second-order valence-electron chi connectivity index (χ2n) is 8.23. The molecule has 0 heterocycles. The lowest BCUT2D eigenvalue weighted by Crippen LogP contribution is -2.49. The van der Waals surface area contributed by atoms with E-state index in [1.165, 1.54) is 0 Å². The second kappa shape index (κ2) is 10.8. The summed E-state index contributed by atoms with van der Waals surface area (Å²) in [6.45, 7) is 5.77. The van der Waals surface area contributed by atoms with E-state index in [1.54, 1.807) is 30.0 Å². The van der Waals surface area contributed by atoms with Crippen molar-refractivity contribution in [3.05, 3.63) is 81.8 Å². The summed E-state index contributed by atoms with van der Waals surface area (Å²) in [5, 5.41) is 6.18. The molecule has 0 aliphatic heterocycles. The lowest BCUT2D eigenvalue weighted by molar-refractivity contribution is -0.140. The van der Waals surface area contributed by atoms with Crippen molar-refractivity contribution in [2.45, 2.75) is 52.2 Å². The van der Waals surface area contributed by atoms with E-state index in [0.29, 0.717) is 22.9 Å². The average molecular weight is 471 g/mol. The van der Waals surface area contributed by atoms with Crippen molar-refractivity contribution >= 4 is 45.8 Å². The number of fused-ring (bicyclic) bond motifs is 1. The van der Waals surface area contributed by atoms with Crippen LogP contribution in [0, 0.1) is 0 Å². The molecule has 2 amide bonds. The first-order valence-corrected chi connectivity index (χ1v) is 11.5. The van der Waals surface area contributed by atoms with Crippen LogP contribution in [-0.2, 0) is 22.6 Å². The van der Waals surface area contributed by atoms with Crippen LogP contribution in [-0.4, -0.2) is 28.8 Å². The summed E-state index contributed by atoms with van der Waals surface area (Å²) in [7, 11) is 0. The van der Waals surface area contributed by atoms with Crippen LogP contribution < -0.4 is 5.32 Å². The molecule has 0 aliphatic rings. The minimum absolute atomic E-state index is 0.0169. The van der Waals surface area contributed by atoms with E-state index in [4.69, 9.17) is 23.2 Å². The fourth-order valence-corrected chi connectivity index (χ4v) is 4.19. The first-order chi connectivity index (χ1) is 15.3. The molecule has 1 atom stereocenters. The molecule has 0 bridgehead atoms. The standard InChI is InChI=1S/C26H28Cl2N2O2/c1-17(2)29-26(32)18(3)30(16-21-11-13-22(27)15-24(21)28)25(31)14-12-20-9-6-8-19-7-4-5-10-23(19)20/h4-11,13,15,17-18H,12,14,16H2,1-3H3,(H,29,32). The minimum atomic E-state index is -0.635. The van der Waals surface area contributed by atoms with Gasteiger partial charge in [0, 0.05) is 29.1 Å². The van der Waals surface area contributed by atoms with Crippen LogP contribution in [0.3, 0.4) is 0 Å². The normalized spacial score (nSPS) is 12.1. The van der Waals surface area contributed by atoms with Gasteiger partial charge in [0.25, 0.3) is 0 Å². The van der Waals surface area contributed by atoms with Gasteiger partial charge in [0.2, 0.25) is 11.8 Å². The van der Waals surface area contributed by atoms with Gasteiger partial charge in [-0.15, -0.1) is 0 Å². The number of hydrogen-bond acceptors (Lipinski definition) is 2. The molecular weight excluding hydrogens is 443 g/mol. The van der Waals surface area contributed by atoms with E-state index in [9.17, 15) is 9.59 Å². The topological polar surface area (TPSA) is 49.4 Å². The maximum Gasteiger partial charge on any atom is 0.242 e. The molecule has 168 valence electrons. The van der Waals surface area contributed by atoms with E-state index in [1.807, 2.05) is 38.1 Å². The van der Waals surface area contributed by atoms with E-state index >= 15 is 0 Å². The number of benzene rings is 3. The van der Waals surface area contributed by atoms with Gasteiger partial charge < -0.3 is 10.2 Å². The van der Waals surface area contributed by atoms with Crippen molar-refractivity contribution in [1.29, 1.82) is 0 Å². The van der Waals surface area contributed by atoms with E-state index in [-0.39, 0.29) is 24.4 Å². The van der Waals surface area contributed by atoms with Crippen LogP contribution in [0.2, 0.25) is 10.0 Å². The van der Waals surface area contributed by atoms with E-state index < -0.39 is 6.04 Å². The highest BCUT2D eigenvalue weighted by atomic mass is 35.5. The lowest BCUT2D eigenvalue weighted by Gasteiger charge is -2.30. The molecule has 1 N–H and O–H groups in total. The molecule has 0 fully saturated rings. The summed E-state index contributed by atoms with van der Waals surface area (Å²) >= 11 is 12.4. The quantitative estimate of drug-likeness (QED) is 0.437. The van der Waals surface area contributed by atoms with Gasteiger partial charge in [-0.05, 0) is 61.2 Å². The summed E-state index contributed by atoms with van der Waals surface area (Å²) in [4.78, 5) is 27.7. The Kier molecular flexibility index (Phi) is 8.16. The first kappa shape index (κ1) is 24.1. The predicted molar refractivity (Wildman–Crippen MR) is 132 cm³/mol. The van der Waals surface area contributed by atoms with Gasteiger partial charge in [0.1, 0.15) is 6.04 Å². The number of nitrogens with zero attached hydrogens (tertiary/aromatic N) is 1. The van der Waals surface area contributed by atoms with Gasteiger partial charge in [-0.1, -0.05) is 71.7 Å². The molecule has 1 unspecified atom stereocenters. The van der Waals surface area contributed by atoms with E-state index in [0.717, 1.165) is 21.9 Å². The fourth-order valence-electron chi connectivity index (χ4n) is 3.72. The zero-order valence-corrected chi connectivity index (χ0v) is 20.1. The van der Waals surface area contributed by atoms with Crippen molar-refractivity contribution < 1.29 is 9.59 Å². The van der Waals surface area contributed by atoms with E-state index in [2.05, 4.69) is 23.5 Å². The number of amides is 2. The Morgan fingerprint density at radius 2 is 1.66 bits per heavy atom. The predicted octanol–water partition coefficient (Wildman–Crippen LogP) is 6.02. The molecule has 4 nitrogen and oxygen atoms in total. The molecule has 0 saturated heterocycles. The van der Waals surface area contributed by atoms with Crippen molar-refractivity contribution in [3.8, 4) is 0 Å². The zero-order chi connectivity index (χ0) is 23.3. The molecule has 3 rings (SSSR count). The number of carbonyl (C=O) groups excluding carboxylic acids is 2. The fraction of sp³-hybridized carbons (Fsp3) is 0.308. The monoisotopic (exact) mass is 470 g/mol. The number of aryl methyl sites for hydroxylation is 1. The van der Waals surface area contributed by atoms with Crippen LogP contribution in [0.25, 0.3) is 10.8 Å².